The zero-order valence-corrected chi connectivity index (χ0v) is 8.36. The van der Waals surface area contributed by atoms with Gasteiger partial charge in [-0.15, -0.1) is 0 Å². The third kappa shape index (κ3) is 2.05. The molecule has 0 bridgehead atoms. The Hall–Kier alpha value is -0.410. The van der Waals surface area contributed by atoms with Gasteiger partial charge in [0.25, 0.3) is 0 Å². The van der Waals surface area contributed by atoms with Gasteiger partial charge < -0.3 is 5.11 Å². The normalized spacial score (nSPS) is 10.3. The molecular formula is C9H10BrFO. The summed E-state index contributed by atoms with van der Waals surface area (Å²) in [6.07, 6.45) is 0.496. The molecule has 0 aliphatic rings. The van der Waals surface area contributed by atoms with Crippen LogP contribution in [0.15, 0.2) is 16.6 Å². The summed E-state index contributed by atoms with van der Waals surface area (Å²) in [5.41, 5.74) is 1.42. The quantitative estimate of drug-likeness (QED) is 0.831. The fourth-order valence-corrected chi connectivity index (χ4v) is 1.45. The average molecular weight is 233 g/mol. The van der Waals surface area contributed by atoms with Crippen molar-refractivity contribution in [2.45, 2.75) is 13.3 Å². The lowest BCUT2D eigenvalue weighted by Gasteiger charge is -2.03. The number of halogens is 2. The lowest BCUT2D eigenvalue weighted by atomic mass is 10.1. The molecule has 0 radical (unpaired) electrons. The second kappa shape index (κ2) is 4.01. The fourth-order valence-electron chi connectivity index (χ4n) is 0.971. The lowest BCUT2D eigenvalue weighted by molar-refractivity contribution is 0.299. The Morgan fingerprint density at radius 2 is 2.17 bits per heavy atom. The van der Waals surface area contributed by atoms with E-state index in [9.17, 15) is 4.39 Å². The summed E-state index contributed by atoms with van der Waals surface area (Å²) in [5.74, 6) is -0.229. The standard InChI is InChI=1S/C9H10BrFO/c1-6-8(10)4-7(2-3-12)5-9(6)11/h4-5,12H,2-3H2,1H3. The molecule has 1 aromatic rings. The van der Waals surface area contributed by atoms with Crippen LogP contribution in [0.1, 0.15) is 11.1 Å². The van der Waals surface area contributed by atoms with Crippen LogP contribution in [-0.2, 0) is 6.42 Å². The van der Waals surface area contributed by atoms with Gasteiger partial charge in [0.05, 0.1) is 0 Å². The van der Waals surface area contributed by atoms with Gasteiger partial charge in [0.15, 0.2) is 0 Å². The smallest absolute Gasteiger partial charge is 0.127 e. The SMILES string of the molecule is Cc1c(F)cc(CCO)cc1Br. The van der Waals surface area contributed by atoms with Gasteiger partial charge in [-0.3, -0.25) is 0 Å². The Labute approximate surface area is 79.4 Å². The number of hydrogen-bond donors (Lipinski definition) is 1. The first-order chi connectivity index (χ1) is 5.65. The molecular weight excluding hydrogens is 223 g/mol. The minimum Gasteiger partial charge on any atom is -0.396 e. The highest BCUT2D eigenvalue weighted by atomic mass is 79.9. The van der Waals surface area contributed by atoms with E-state index < -0.39 is 0 Å². The Morgan fingerprint density at radius 3 is 2.67 bits per heavy atom. The maximum atomic E-state index is 13.1. The monoisotopic (exact) mass is 232 g/mol. The van der Waals surface area contributed by atoms with Crippen molar-refractivity contribution in [3.8, 4) is 0 Å². The topological polar surface area (TPSA) is 20.2 Å². The first kappa shape index (κ1) is 9.68. The van der Waals surface area contributed by atoms with E-state index in [-0.39, 0.29) is 12.4 Å². The molecule has 0 aromatic heterocycles. The summed E-state index contributed by atoms with van der Waals surface area (Å²) in [5, 5.41) is 8.63. The van der Waals surface area contributed by atoms with Crippen molar-refractivity contribution in [3.63, 3.8) is 0 Å². The highest BCUT2D eigenvalue weighted by molar-refractivity contribution is 9.10. The molecule has 1 N–H and O–H groups in total. The van der Waals surface area contributed by atoms with Crippen molar-refractivity contribution in [2.75, 3.05) is 6.61 Å². The van der Waals surface area contributed by atoms with Crippen molar-refractivity contribution >= 4 is 15.9 Å². The average Bonchev–Trinajstić information content (AvgIpc) is 2.01. The summed E-state index contributed by atoms with van der Waals surface area (Å²) in [6.45, 7) is 1.76. The van der Waals surface area contributed by atoms with Gasteiger partial charge in [0, 0.05) is 11.1 Å². The molecule has 0 spiro atoms. The van der Waals surface area contributed by atoms with E-state index in [1.54, 1.807) is 6.92 Å². The molecule has 0 amide bonds. The number of hydrogen-bond acceptors (Lipinski definition) is 1. The minimum atomic E-state index is -0.229. The zero-order chi connectivity index (χ0) is 9.14. The van der Waals surface area contributed by atoms with Crippen molar-refractivity contribution in [2.24, 2.45) is 0 Å². The molecule has 1 rings (SSSR count). The van der Waals surface area contributed by atoms with Gasteiger partial charge >= 0.3 is 0 Å². The second-order valence-corrected chi connectivity index (χ2v) is 3.51. The summed E-state index contributed by atoms with van der Waals surface area (Å²) in [7, 11) is 0. The van der Waals surface area contributed by atoms with E-state index in [1.165, 1.54) is 6.07 Å². The summed E-state index contributed by atoms with van der Waals surface area (Å²) >= 11 is 3.25. The summed E-state index contributed by atoms with van der Waals surface area (Å²) < 4.78 is 13.8. The van der Waals surface area contributed by atoms with Gasteiger partial charge in [-0.05, 0) is 36.6 Å². The van der Waals surface area contributed by atoms with Crippen LogP contribution in [0.5, 0.6) is 0 Å². The minimum absolute atomic E-state index is 0.0505. The van der Waals surface area contributed by atoms with Crippen LogP contribution in [-0.4, -0.2) is 11.7 Å². The van der Waals surface area contributed by atoms with Crippen LogP contribution in [0.4, 0.5) is 4.39 Å². The number of rotatable bonds is 2. The number of aliphatic hydroxyl groups excluding tert-OH is 1. The van der Waals surface area contributed by atoms with E-state index in [0.717, 1.165) is 10.0 Å². The molecule has 0 saturated carbocycles. The Morgan fingerprint density at radius 1 is 1.50 bits per heavy atom. The largest absolute Gasteiger partial charge is 0.396 e. The molecule has 66 valence electrons. The molecule has 0 saturated heterocycles. The molecule has 0 heterocycles. The van der Waals surface area contributed by atoms with Crippen molar-refractivity contribution in [1.29, 1.82) is 0 Å². The predicted molar refractivity (Wildman–Crippen MR) is 49.6 cm³/mol. The van der Waals surface area contributed by atoms with Gasteiger partial charge in [0.1, 0.15) is 5.82 Å². The van der Waals surface area contributed by atoms with Gasteiger partial charge in [-0.1, -0.05) is 15.9 Å². The lowest BCUT2D eigenvalue weighted by Crippen LogP contribution is -1.94. The summed E-state index contributed by atoms with van der Waals surface area (Å²) in [4.78, 5) is 0. The maximum Gasteiger partial charge on any atom is 0.127 e. The first-order valence-electron chi connectivity index (χ1n) is 3.70. The fraction of sp³-hybridized carbons (Fsp3) is 0.333. The highest BCUT2D eigenvalue weighted by Gasteiger charge is 2.03. The van der Waals surface area contributed by atoms with E-state index >= 15 is 0 Å². The van der Waals surface area contributed by atoms with E-state index in [0.29, 0.717) is 12.0 Å². The van der Waals surface area contributed by atoms with Crippen LogP contribution in [0.25, 0.3) is 0 Å². The second-order valence-electron chi connectivity index (χ2n) is 2.66. The third-order valence-electron chi connectivity index (χ3n) is 1.74. The van der Waals surface area contributed by atoms with Crippen LogP contribution in [0, 0.1) is 12.7 Å². The molecule has 0 fully saturated rings. The van der Waals surface area contributed by atoms with Crippen LogP contribution < -0.4 is 0 Å². The first-order valence-corrected chi connectivity index (χ1v) is 4.50. The molecule has 3 heteroatoms. The number of benzene rings is 1. The predicted octanol–water partition coefficient (Wildman–Crippen LogP) is 2.43. The molecule has 12 heavy (non-hydrogen) atoms. The Balaban J connectivity index is 3.04. The van der Waals surface area contributed by atoms with Crippen LogP contribution >= 0.6 is 15.9 Å². The van der Waals surface area contributed by atoms with Gasteiger partial charge in [-0.25, -0.2) is 4.39 Å². The Bertz CT molecular complexity index is 263. The molecule has 1 nitrogen and oxygen atoms in total. The van der Waals surface area contributed by atoms with Gasteiger partial charge in [0.2, 0.25) is 0 Å². The van der Waals surface area contributed by atoms with Crippen molar-refractivity contribution in [1.82, 2.24) is 0 Å². The molecule has 1 aromatic carbocycles. The molecule has 0 unspecified atom stereocenters. The van der Waals surface area contributed by atoms with Crippen molar-refractivity contribution < 1.29 is 9.50 Å². The van der Waals surface area contributed by atoms with Crippen LogP contribution in [0.3, 0.4) is 0 Å². The third-order valence-corrected chi connectivity index (χ3v) is 2.56. The summed E-state index contributed by atoms with van der Waals surface area (Å²) in [6, 6.07) is 3.28. The Kier molecular flexibility index (Phi) is 3.23. The van der Waals surface area contributed by atoms with Crippen molar-refractivity contribution in [3.05, 3.63) is 33.5 Å². The van der Waals surface area contributed by atoms with E-state index in [2.05, 4.69) is 15.9 Å². The number of aliphatic hydroxyl groups is 1. The molecule has 0 aliphatic heterocycles. The molecule has 0 atom stereocenters. The molecule has 0 aliphatic carbocycles. The van der Waals surface area contributed by atoms with Gasteiger partial charge in [-0.2, -0.15) is 0 Å². The highest BCUT2D eigenvalue weighted by Crippen LogP contribution is 2.21. The van der Waals surface area contributed by atoms with E-state index in [4.69, 9.17) is 5.11 Å². The van der Waals surface area contributed by atoms with Crippen LogP contribution in [0.2, 0.25) is 0 Å². The maximum absolute atomic E-state index is 13.1. The van der Waals surface area contributed by atoms with E-state index in [1.807, 2.05) is 6.07 Å². The zero-order valence-electron chi connectivity index (χ0n) is 6.77.